The summed E-state index contributed by atoms with van der Waals surface area (Å²) >= 11 is 0. The molecule has 1 amide bonds. The number of nitrogens with one attached hydrogen (secondary N) is 2. The summed E-state index contributed by atoms with van der Waals surface area (Å²) in [5, 5.41) is 15.0. The Morgan fingerprint density at radius 1 is 1.38 bits per heavy atom. The van der Waals surface area contributed by atoms with Gasteiger partial charge in [0.2, 0.25) is 0 Å². The van der Waals surface area contributed by atoms with E-state index in [0.29, 0.717) is 18.0 Å². The van der Waals surface area contributed by atoms with E-state index in [2.05, 4.69) is 30.8 Å². The quantitative estimate of drug-likeness (QED) is 0.721. The van der Waals surface area contributed by atoms with Gasteiger partial charge >= 0.3 is 0 Å². The Morgan fingerprint density at radius 2 is 2.27 bits per heavy atom. The predicted octanol–water partition coefficient (Wildman–Crippen LogP) is 0.867. The van der Waals surface area contributed by atoms with Gasteiger partial charge in [0.1, 0.15) is 12.0 Å². The molecule has 9 nitrogen and oxygen atoms in total. The van der Waals surface area contributed by atoms with Crippen LogP contribution < -0.4 is 10.6 Å². The fraction of sp³-hybridized carbons (Fsp3) is 0.471. The van der Waals surface area contributed by atoms with E-state index in [9.17, 15) is 4.79 Å². The highest BCUT2D eigenvalue weighted by atomic mass is 16.1. The number of carbonyl (C=O) groups excluding carboxylic acids is 1. The third kappa shape index (κ3) is 3.17. The maximum Gasteiger partial charge on any atom is 0.270 e. The molecule has 0 saturated carbocycles. The first kappa shape index (κ1) is 16.6. The molecule has 9 heteroatoms. The molecule has 0 radical (unpaired) electrons. The Hall–Kier alpha value is -2.81. The van der Waals surface area contributed by atoms with E-state index in [4.69, 9.17) is 0 Å². The number of aryl methyl sites for hydroxylation is 1. The highest BCUT2D eigenvalue weighted by Gasteiger charge is 2.16. The Morgan fingerprint density at radius 3 is 3.12 bits per heavy atom. The van der Waals surface area contributed by atoms with Gasteiger partial charge in [-0.3, -0.25) is 9.48 Å². The Labute approximate surface area is 150 Å². The highest BCUT2D eigenvalue weighted by molar-refractivity contribution is 5.92. The van der Waals surface area contributed by atoms with Crippen LogP contribution in [0.5, 0.6) is 0 Å². The maximum absolute atomic E-state index is 12.6. The lowest BCUT2D eigenvalue weighted by molar-refractivity contribution is 0.0945. The molecule has 0 unspecified atom stereocenters. The van der Waals surface area contributed by atoms with Crippen molar-refractivity contribution in [3.8, 4) is 0 Å². The van der Waals surface area contributed by atoms with E-state index < -0.39 is 0 Å². The molecule has 0 fully saturated rings. The Kier molecular flexibility index (Phi) is 4.37. The minimum Gasteiger partial charge on any atom is -0.345 e. The minimum absolute atomic E-state index is 0.199. The lowest BCUT2D eigenvalue weighted by atomic mass is 10.1. The molecule has 4 rings (SSSR count). The molecule has 2 N–H and O–H groups in total. The SMILES string of the molecule is CC(C)c1cc(C(=O)NCc2cc3n(n2)CCCNC3)nc2ncnn12. The summed E-state index contributed by atoms with van der Waals surface area (Å²) in [6.07, 6.45) is 2.50. The zero-order valence-corrected chi connectivity index (χ0v) is 14.9. The van der Waals surface area contributed by atoms with Crippen LogP contribution in [0, 0.1) is 0 Å². The second-order valence-corrected chi connectivity index (χ2v) is 6.76. The number of hydrogen-bond donors (Lipinski definition) is 2. The van der Waals surface area contributed by atoms with Crippen LogP contribution in [0.4, 0.5) is 0 Å². The van der Waals surface area contributed by atoms with Crippen LogP contribution >= 0.6 is 0 Å². The molecule has 0 aromatic carbocycles. The molecule has 4 heterocycles. The van der Waals surface area contributed by atoms with Crippen molar-refractivity contribution >= 4 is 11.7 Å². The molecule has 136 valence electrons. The number of rotatable bonds is 4. The van der Waals surface area contributed by atoms with Gasteiger partial charge < -0.3 is 10.6 Å². The summed E-state index contributed by atoms with van der Waals surface area (Å²) < 4.78 is 3.68. The third-order valence-electron chi connectivity index (χ3n) is 4.48. The van der Waals surface area contributed by atoms with E-state index in [1.165, 1.54) is 6.33 Å². The number of hydrogen-bond acceptors (Lipinski definition) is 6. The topological polar surface area (TPSA) is 102 Å². The molecular formula is C17H22N8O. The maximum atomic E-state index is 12.6. The van der Waals surface area contributed by atoms with Gasteiger partial charge in [0.05, 0.1) is 23.6 Å². The number of carbonyl (C=O) groups is 1. The van der Waals surface area contributed by atoms with E-state index in [1.54, 1.807) is 10.6 Å². The molecular weight excluding hydrogens is 332 g/mol. The van der Waals surface area contributed by atoms with Gasteiger partial charge in [0.15, 0.2) is 0 Å². The van der Waals surface area contributed by atoms with Gasteiger partial charge in [-0.25, -0.2) is 9.50 Å². The number of nitrogens with zero attached hydrogens (tertiary/aromatic N) is 6. The molecule has 3 aromatic heterocycles. The van der Waals surface area contributed by atoms with Crippen LogP contribution in [0.2, 0.25) is 0 Å². The van der Waals surface area contributed by atoms with Gasteiger partial charge in [-0.15, -0.1) is 0 Å². The van der Waals surface area contributed by atoms with Gasteiger partial charge in [-0.1, -0.05) is 13.8 Å². The van der Waals surface area contributed by atoms with Gasteiger partial charge in [0.25, 0.3) is 11.7 Å². The standard InChI is InChI=1S/C17H22N8O/c1-11(2)15-7-14(22-17-20-10-21-25(15)17)16(26)19-8-12-6-13-9-18-4-3-5-24(13)23-12/h6-7,10-11,18H,3-5,8-9H2,1-2H3,(H,19,26). The van der Waals surface area contributed by atoms with Gasteiger partial charge in [0, 0.05) is 13.1 Å². The lowest BCUT2D eigenvalue weighted by Crippen LogP contribution is -2.25. The van der Waals surface area contributed by atoms with E-state index in [1.807, 2.05) is 24.6 Å². The molecule has 0 spiro atoms. The fourth-order valence-corrected chi connectivity index (χ4v) is 3.13. The summed E-state index contributed by atoms with van der Waals surface area (Å²) in [5.74, 6) is 0.393. The van der Waals surface area contributed by atoms with Crippen molar-refractivity contribution in [3.63, 3.8) is 0 Å². The van der Waals surface area contributed by atoms with E-state index in [-0.39, 0.29) is 11.8 Å². The second-order valence-electron chi connectivity index (χ2n) is 6.76. The Balaban J connectivity index is 1.51. The normalized spacial score (nSPS) is 14.4. The van der Waals surface area contributed by atoms with Crippen molar-refractivity contribution in [2.75, 3.05) is 6.54 Å². The largest absolute Gasteiger partial charge is 0.345 e. The first-order chi connectivity index (χ1) is 12.6. The van der Waals surface area contributed by atoms with Gasteiger partial charge in [-0.05, 0) is 31.0 Å². The zero-order valence-electron chi connectivity index (χ0n) is 14.9. The number of aromatic nitrogens is 6. The molecule has 0 saturated heterocycles. The van der Waals surface area contributed by atoms with E-state index in [0.717, 1.165) is 43.1 Å². The fourth-order valence-electron chi connectivity index (χ4n) is 3.13. The monoisotopic (exact) mass is 354 g/mol. The third-order valence-corrected chi connectivity index (χ3v) is 4.48. The first-order valence-electron chi connectivity index (χ1n) is 8.87. The molecule has 3 aromatic rings. The van der Waals surface area contributed by atoms with Crippen molar-refractivity contribution in [2.24, 2.45) is 0 Å². The summed E-state index contributed by atoms with van der Waals surface area (Å²) in [5.41, 5.74) is 3.25. The number of fused-ring (bicyclic) bond motifs is 2. The summed E-state index contributed by atoms with van der Waals surface area (Å²) in [4.78, 5) is 21.0. The van der Waals surface area contributed by atoms with Crippen molar-refractivity contribution in [3.05, 3.63) is 41.2 Å². The highest BCUT2D eigenvalue weighted by Crippen LogP contribution is 2.16. The molecule has 0 aliphatic carbocycles. The van der Waals surface area contributed by atoms with E-state index >= 15 is 0 Å². The molecule has 0 bridgehead atoms. The van der Waals surface area contributed by atoms with Crippen molar-refractivity contribution < 1.29 is 4.79 Å². The van der Waals surface area contributed by atoms with Gasteiger partial charge in [-0.2, -0.15) is 15.2 Å². The minimum atomic E-state index is -0.237. The first-order valence-corrected chi connectivity index (χ1v) is 8.87. The van der Waals surface area contributed by atoms with Crippen LogP contribution in [-0.4, -0.2) is 41.8 Å². The van der Waals surface area contributed by atoms with Crippen LogP contribution in [-0.2, 0) is 19.6 Å². The average molecular weight is 354 g/mol. The van der Waals surface area contributed by atoms with Crippen LogP contribution in [0.25, 0.3) is 5.78 Å². The second kappa shape index (κ2) is 6.83. The van der Waals surface area contributed by atoms with Crippen LogP contribution in [0.3, 0.4) is 0 Å². The smallest absolute Gasteiger partial charge is 0.270 e. The average Bonchev–Trinajstić information content (AvgIpc) is 3.20. The summed E-state index contributed by atoms with van der Waals surface area (Å²) in [6, 6.07) is 3.81. The van der Waals surface area contributed by atoms with Crippen LogP contribution in [0.15, 0.2) is 18.5 Å². The summed E-state index contributed by atoms with van der Waals surface area (Å²) in [7, 11) is 0. The number of amides is 1. The Bertz CT molecular complexity index is 918. The van der Waals surface area contributed by atoms with Crippen LogP contribution in [0.1, 0.15) is 53.8 Å². The lowest BCUT2D eigenvalue weighted by Gasteiger charge is -2.09. The van der Waals surface area contributed by atoms with Crippen molar-refractivity contribution in [1.82, 2.24) is 40.0 Å². The molecule has 0 atom stereocenters. The van der Waals surface area contributed by atoms with Crippen molar-refractivity contribution in [1.29, 1.82) is 0 Å². The van der Waals surface area contributed by atoms with Crippen molar-refractivity contribution in [2.45, 2.75) is 45.8 Å². The summed E-state index contributed by atoms with van der Waals surface area (Å²) in [6.45, 7) is 7.18. The molecule has 1 aliphatic rings. The molecule has 26 heavy (non-hydrogen) atoms. The zero-order chi connectivity index (χ0) is 18.1. The predicted molar refractivity (Wildman–Crippen MR) is 94.6 cm³/mol. The molecule has 1 aliphatic heterocycles.